The normalized spacial score (nSPS) is 10.4. The van der Waals surface area contributed by atoms with E-state index in [2.05, 4.69) is 15.9 Å². The number of nitrogen functional groups attached to an aromatic ring is 1. The van der Waals surface area contributed by atoms with Gasteiger partial charge in [-0.3, -0.25) is 0 Å². The van der Waals surface area contributed by atoms with E-state index < -0.39 is 0 Å². The molecule has 2 rings (SSSR count). The fraction of sp³-hybridized carbons (Fsp3) is 0.0769. The summed E-state index contributed by atoms with van der Waals surface area (Å²) in [7, 11) is 0. The molecule has 0 radical (unpaired) electrons. The second kappa shape index (κ2) is 5.35. The van der Waals surface area contributed by atoms with E-state index in [0.29, 0.717) is 21.5 Å². The minimum Gasteiger partial charge on any atom is -0.488 e. The van der Waals surface area contributed by atoms with E-state index in [-0.39, 0.29) is 18.2 Å². The molecule has 18 heavy (non-hydrogen) atoms. The zero-order valence-corrected chi connectivity index (χ0v) is 10.9. The van der Waals surface area contributed by atoms with Gasteiger partial charge >= 0.3 is 0 Å². The first-order valence-corrected chi connectivity index (χ1v) is 5.97. The van der Waals surface area contributed by atoms with Gasteiger partial charge in [-0.15, -0.1) is 0 Å². The minimum absolute atomic E-state index is 0.191. The van der Waals surface area contributed by atoms with Gasteiger partial charge in [-0.1, -0.05) is 6.07 Å². The minimum atomic E-state index is -0.390. The van der Waals surface area contributed by atoms with Crippen LogP contribution < -0.4 is 10.5 Å². The lowest BCUT2D eigenvalue weighted by molar-refractivity contribution is 0.304. The molecule has 2 aromatic carbocycles. The Hall–Kier alpha value is -1.62. The molecular formula is C13H10BrF2NO. The Morgan fingerprint density at radius 3 is 2.39 bits per heavy atom. The number of anilines is 1. The highest BCUT2D eigenvalue weighted by Gasteiger charge is 2.05. The van der Waals surface area contributed by atoms with Crippen molar-refractivity contribution in [2.24, 2.45) is 0 Å². The van der Waals surface area contributed by atoms with Crippen molar-refractivity contribution in [3.8, 4) is 5.75 Å². The van der Waals surface area contributed by atoms with Gasteiger partial charge in [0.1, 0.15) is 24.0 Å². The van der Waals surface area contributed by atoms with E-state index in [4.69, 9.17) is 10.5 Å². The fourth-order valence-electron chi connectivity index (χ4n) is 1.45. The van der Waals surface area contributed by atoms with Crippen LogP contribution in [0, 0.1) is 11.6 Å². The second-order valence-electron chi connectivity index (χ2n) is 3.71. The molecule has 2 aromatic rings. The molecule has 0 spiro atoms. The van der Waals surface area contributed by atoms with Gasteiger partial charge in [0.05, 0.1) is 4.47 Å². The Morgan fingerprint density at radius 1 is 1.06 bits per heavy atom. The molecule has 0 saturated heterocycles. The molecule has 0 aliphatic heterocycles. The summed E-state index contributed by atoms with van der Waals surface area (Å²) in [5.74, 6) is -0.241. The molecule has 0 aromatic heterocycles. The summed E-state index contributed by atoms with van der Waals surface area (Å²) in [6, 6.07) is 8.23. The van der Waals surface area contributed by atoms with Crippen LogP contribution in [0.2, 0.25) is 0 Å². The van der Waals surface area contributed by atoms with Crippen LogP contribution in [-0.2, 0) is 6.61 Å². The van der Waals surface area contributed by atoms with Gasteiger partial charge in [-0.05, 0) is 46.3 Å². The van der Waals surface area contributed by atoms with Gasteiger partial charge in [0, 0.05) is 11.3 Å². The van der Waals surface area contributed by atoms with Crippen molar-refractivity contribution in [1.82, 2.24) is 0 Å². The number of benzene rings is 2. The smallest absolute Gasteiger partial charge is 0.134 e. The summed E-state index contributed by atoms with van der Waals surface area (Å²) >= 11 is 3.19. The fourth-order valence-corrected chi connectivity index (χ4v) is 1.91. The monoisotopic (exact) mass is 313 g/mol. The maximum atomic E-state index is 12.9. The summed E-state index contributed by atoms with van der Waals surface area (Å²) in [6.07, 6.45) is 0. The molecule has 0 atom stereocenters. The van der Waals surface area contributed by atoms with Crippen LogP contribution in [-0.4, -0.2) is 0 Å². The van der Waals surface area contributed by atoms with Gasteiger partial charge in [0.2, 0.25) is 0 Å². The lowest BCUT2D eigenvalue weighted by atomic mass is 10.2. The van der Waals surface area contributed by atoms with Gasteiger partial charge in [0.25, 0.3) is 0 Å². The zero-order chi connectivity index (χ0) is 13.1. The summed E-state index contributed by atoms with van der Waals surface area (Å²) in [6.45, 7) is 0.191. The number of hydrogen-bond donors (Lipinski definition) is 1. The topological polar surface area (TPSA) is 35.2 Å². The first kappa shape index (κ1) is 12.8. The molecule has 5 heteroatoms. The third-order valence-corrected chi connectivity index (χ3v) is 3.00. The van der Waals surface area contributed by atoms with Crippen LogP contribution in [0.4, 0.5) is 14.5 Å². The maximum absolute atomic E-state index is 12.9. The molecule has 2 nitrogen and oxygen atoms in total. The van der Waals surface area contributed by atoms with Gasteiger partial charge in [0.15, 0.2) is 0 Å². The lowest BCUT2D eigenvalue weighted by Gasteiger charge is -2.10. The molecule has 0 unspecified atom stereocenters. The molecule has 0 saturated carbocycles. The molecule has 0 bridgehead atoms. The Kier molecular flexibility index (Phi) is 3.81. The highest BCUT2D eigenvalue weighted by molar-refractivity contribution is 9.10. The van der Waals surface area contributed by atoms with Crippen molar-refractivity contribution >= 4 is 21.6 Å². The van der Waals surface area contributed by atoms with Gasteiger partial charge in [-0.25, -0.2) is 8.78 Å². The average molecular weight is 314 g/mol. The Morgan fingerprint density at radius 2 is 1.72 bits per heavy atom. The zero-order valence-electron chi connectivity index (χ0n) is 9.29. The SMILES string of the molecule is Nc1cc(F)ccc1COc1ccc(F)cc1Br. The van der Waals surface area contributed by atoms with Crippen LogP contribution >= 0.6 is 15.9 Å². The predicted octanol–water partition coefficient (Wildman–Crippen LogP) is 3.89. The summed E-state index contributed by atoms with van der Waals surface area (Å²) in [5, 5.41) is 0. The van der Waals surface area contributed by atoms with Crippen molar-refractivity contribution < 1.29 is 13.5 Å². The largest absolute Gasteiger partial charge is 0.488 e. The molecule has 0 aliphatic rings. The van der Waals surface area contributed by atoms with Crippen molar-refractivity contribution in [2.45, 2.75) is 6.61 Å². The highest BCUT2D eigenvalue weighted by Crippen LogP contribution is 2.27. The van der Waals surface area contributed by atoms with Crippen molar-refractivity contribution in [2.75, 3.05) is 5.73 Å². The molecular weight excluding hydrogens is 304 g/mol. The van der Waals surface area contributed by atoms with E-state index in [0.717, 1.165) is 0 Å². The number of nitrogens with two attached hydrogens (primary N) is 1. The summed E-state index contributed by atoms with van der Waals surface area (Å²) in [4.78, 5) is 0. The summed E-state index contributed by atoms with van der Waals surface area (Å²) in [5.41, 5.74) is 6.66. The third-order valence-electron chi connectivity index (χ3n) is 2.39. The highest BCUT2D eigenvalue weighted by atomic mass is 79.9. The van der Waals surface area contributed by atoms with Gasteiger partial charge < -0.3 is 10.5 Å². The van der Waals surface area contributed by atoms with E-state index in [1.165, 1.54) is 30.3 Å². The molecule has 0 heterocycles. The van der Waals surface area contributed by atoms with E-state index in [1.807, 2.05) is 0 Å². The number of rotatable bonds is 3. The quantitative estimate of drug-likeness (QED) is 0.873. The third kappa shape index (κ3) is 2.98. The molecule has 94 valence electrons. The number of hydrogen-bond acceptors (Lipinski definition) is 2. The summed E-state index contributed by atoms with van der Waals surface area (Å²) < 4.78 is 31.7. The Bertz CT molecular complexity index is 523. The van der Waals surface area contributed by atoms with Gasteiger partial charge in [-0.2, -0.15) is 0 Å². The first-order valence-electron chi connectivity index (χ1n) is 5.18. The van der Waals surface area contributed by atoms with Crippen LogP contribution in [0.15, 0.2) is 40.9 Å². The Labute approximate surface area is 112 Å². The van der Waals surface area contributed by atoms with Crippen LogP contribution in [0.25, 0.3) is 0 Å². The van der Waals surface area contributed by atoms with E-state index >= 15 is 0 Å². The molecule has 0 fully saturated rings. The second-order valence-corrected chi connectivity index (χ2v) is 4.56. The van der Waals surface area contributed by atoms with Crippen LogP contribution in [0.1, 0.15) is 5.56 Å². The van der Waals surface area contributed by atoms with Crippen LogP contribution in [0.5, 0.6) is 5.75 Å². The van der Waals surface area contributed by atoms with E-state index in [9.17, 15) is 8.78 Å². The number of halogens is 3. The van der Waals surface area contributed by atoms with Crippen molar-refractivity contribution in [1.29, 1.82) is 0 Å². The molecule has 2 N–H and O–H groups in total. The Balaban J connectivity index is 2.11. The van der Waals surface area contributed by atoms with Crippen molar-refractivity contribution in [3.05, 3.63) is 58.1 Å². The first-order chi connectivity index (χ1) is 8.56. The van der Waals surface area contributed by atoms with Crippen LogP contribution in [0.3, 0.4) is 0 Å². The number of ether oxygens (including phenoxy) is 1. The molecule has 0 aliphatic carbocycles. The lowest BCUT2D eigenvalue weighted by Crippen LogP contribution is -2.01. The standard InChI is InChI=1S/C13H10BrF2NO/c14-11-5-9(15)3-4-13(11)18-7-8-1-2-10(16)6-12(8)17/h1-6H,7,17H2. The maximum Gasteiger partial charge on any atom is 0.134 e. The predicted molar refractivity (Wildman–Crippen MR) is 69.2 cm³/mol. The molecule has 0 amide bonds. The van der Waals surface area contributed by atoms with E-state index in [1.54, 1.807) is 6.07 Å². The van der Waals surface area contributed by atoms with Crippen molar-refractivity contribution in [3.63, 3.8) is 0 Å². The average Bonchev–Trinajstić information content (AvgIpc) is 2.30.